The van der Waals surface area contributed by atoms with Crippen LogP contribution in [0, 0.1) is 0 Å². The van der Waals surface area contributed by atoms with Crippen LogP contribution in [0.15, 0.2) is 0 Å². The fraction of sp³-hybridized carbons (Fsp3) is 1.00. The molecule has 0 aliphatic heterocycles. The smallest absolute Gasteiger partial charge is 0.390 e. The Kier molecular flexibility index (Phi) is 5.01. The molecule has 1 aliphatic carbocycles. The minimum atomic E-state index is -4.10. The lowest BCUT2D eigenvalue weighted by Crippen LogP contribution is -2.43. The number of nitrogens with zero attached hydrogens (tertiary/aromatic N) is 1. The van der Waals surface area contributed by atoms with E-state index >= 15 is 0 Å². The summed E-state index contributed by atoms with van der Waals surface area (Å²) in [5.74, 6) is 0. The average Bonchev–Trinajstić information content (AvgIpc) is 2.96. The van der Waals surface area contributed by atoms with Gasteiger partial charge >= 0.3 is 6.18 Å². The number of hydrogen-bond donors (Lipinski definition) is 2. The molecule has 0 saturated heterocycles. The maximum absolute atomic E-state index is 12.0. The number of likely N-dealkylation sites (N-methyl/N-ethyl adjacent to an activating group) is 1. The molecule has 16 heavy (non-hydrogen) atoms. The van der Waals surface area contributed by atoms with Gasteiger partial charge in [0.2, 0.25) is 0 Å². The van der Waals surface area contributed by atoms with Crippen molar-refractivity contribution in [2.75, 3.05) is 26.7 Å². The molecular weight excluding hydrogens is 221 g/mol. The molecule has 1 atom stereocenters. The van der Waals surface area contributed by atoms with Crippen LogP contribution in [-0.4, -0.2) is 55.0 Å². The van der Waals surface area contributed by atoms with Gasteiger partial charge in [-0.3, -0.25) is 0 Å². The van der Waals surface area contributed by atoms with E-state index in [4.69, 9.17) is 5.11 Å². The highest BCUT2D eigenvalue weighted by Crippen LogP contribution is 2.20. The zero-order valence-corrected chi connectivity index (χ0v) is 9.43. The molecule has 6 heteroatoms. The lowest BCUT2D eigenvalue weighted by molar-refractivity contribution is -0.137. The molecule has 0 radical (unpaired) electrons. The number of aliphatic hydroxyl groups excluding tert-OH is 1. The summed E-state index contributed by atoms with van der Waals surface area (Å²) in [6.45, 7) is 0.391. The third-order valence-corrected chi connectivity index (χ3v) is 2.58. The number of alkyl halides is 3. The first-order valence-electron chi connectivity index (χ1n) is 5.53. The molecule has 3 nitrogen and oxygen atoms in total. The Labute approximate surface area is 93.6 Å². The van der Waals surface area contributed by atoms with Crippen LogP contribution in [0.5, 0.6) is 0 Å². The quantitative estimate of drug-likeness (QED) is 0.696. The number of nitrogens with one attached hydrogen (secondary N) is 1. The normalized spacial score (nSPS) is 19.1. The Bertz CT molecular complexity index is 207. The van der Waals surface area contributed by atoms with Crippen molar-refractivity contribution in [1.82, 2.24) is 10.2 Å². The molecule has 1 fully saturated rings. The first-order chi connectivity index (χ1) is 7.40. The van der Waals surface area contributed by atoms with Crippen molar-refractivity contribution >= 4 is 0 Å². The fourth-order valence-electron chi connectivity index (χ4n) is 1.53. The maximum atomic E-state index is 12.0. The summed E-state index contributed by atoms with van der Waals surface area (Å²) in [5.41, 5.74) is 0. The second kappa shape index (κ2) is 5.84. The molecule has 0 aromatic carbocycles. The van der Waals surface area contributed by atoms with E-state index in [1.807, 2.05) is 0 Å². The van der Waals surface area contributed by atoms with Gasteiger partial charge in [-0.1, -0.05) is 0 Å². The van der Waals surface area contributed by atoms with Gasteiger partial charge in [0.1, 0.15) is 0 Å². The molecule has 1 saturated carbocycles. The Morgan fingerprint density at radius 3 is 2.50 bits per heavy atom. The third kappa shape index (κ3) is 6.30. The van der Waals surface area contributed by atoms with Crippen LogP contribution >= 0.6 is 0 Å². The van der Waals surface area contributed by atoms with Gasteiger partial charge in [0.15, 0.2) is 0 Å². The summed E-state index contributed by atoms with van der Waals surface area (Å²) in [4.78, 5) is 1.60. The standard InChI is InChI=1S/C10H19F3N2O/c1-15(5-4-10(11,12)13)6-9(7-16)14-8-2-3-8/h8-9,14,16H,2-7H2,1H3. The van der Waals surface area contributed by atoms with E-state index in [2.05, 4.69) is 5.32 Å². The average molecular weight is 240 g/mol. The van der Waals surface area contributed by atoms with Crippen molar-refractivity contribution in [2.24, 2.45) is 0 Å². The molecule has 1 rings (SSSR count). The molecule has 96 valence electrons. The molecule has 2 N–H and O–H groups in total. The van der Waals surface area contributed by atoms with Gasteiger partial charge in [-0.15, -0.1) is 0 Å². The zero-order valence-electron chi connectivity index (χ0n) is 9.43. The van der Waals surface area contributed by atoms with Crippen LogP contribution in [0.2, 0.25) is 0 Å². The number of aliphatic hydroxyl groups is 1. The molecule has 1 unspecified atom stereocenters. The summed E-state index contributed by atoms with van der Waals surface area (Å²) in [5, 5.41) is 12.3. The molecular formula is C10H19F3N2O. The highest BCUT2D eigenvalue weighted by molar-refractivity contribution is 4.85. The van der Waals surface area contributed by atoms with Gasteiger partial charge in [0.05, 0.1) is 13.0 Å². The highest BCUT2D eigenvalue weighted by atomic mass is 19.4. The first-order valence-corrected chi connectivity index (χ1v) is 5.53. The topological polar surface area (TPSA) is 35.5 Å². The Morgan fingerprint density at radius 1 is 1.44 bits per heavy atom. The van der Waals surface area contributed by atoms with Crippen molar-refractivity contribution in [3.8, 4) is 0 Å². The highest BCUT2D eigenvalue weighted by Gasteiger charge is 2.28. The second-order valence-corrected chi connectivity index (χ2v) is 4.45. The Hall–Kier alpha value is -0.330. The predicted octanol–water partition coefficient (Wildman–Crippen LogP) is 0.984. The van der Waals surface area contributed by atoms with E-state index in [0.29, 0.717) is 12.6 Å². The van der Waals surface area contributed by atoms with Gasteiger partial charge in [0.25, 0.3) is 0 Å². The summed E-state index contributed by atoms with van der Waals surface area (Å²) in [6.07, 6.45) is -2.70. The van der Waals surface area contributed by atoms with Crippen molar-refractivity contribution in [2.45, 2.75) is 37.5 Å². The third-order valence-electron chi connectivity index (χ3n) is 2.58. The molecule has 0 aromatic heterocycles. The number of hydrogen-bond acceptors (Lipinski definition) is 3. The van der Waals surface area contributed by atoms with E-state index in [0.717, 1.165) is 12.8 Å². The largest absolute Gasteiger partial charge is 0.395 e. The van der Waals surface area contributed by atoms with E-state index in [1.54, 1.807) is 11.9 Å². The monoisotopic (exact) mass is 240 g/mol. The van der Waals surface area contributed by atoms with Gasteiger partial charge in [-0.2, -0.15) is 13.2 Å². The summed E-state index contributed by atoms with van der Waals surface area (Å²) in [6, 6.07) is 0.332. The van der Waals surface area contributed by atoms with Crippen molar-refractivity contribution in [3.63, 3.8) is 0 Å². The van der Waals surface area contributed by atoms with Gasteiger partial charge in [-0.05, 0) is 19.9 Å². The van der Waals surface area contributed by atoms with Crippen LogP contribution in [-0.2, 0) is 0 Å². The van der Waals surface area contributed by atoms with Crippen LogP contribution in [0.4, 0.5) is 13.2 Å². The van der Waals surface area contributed by atoms with Gasteiger partial charge < -0.3 is 15.3 Å². The molecule has 1 aliphatic rings. The van der Waals surface area contributed by atoms with Gasteiger partial charge in [0, 0.05) is 25.2 Å². The fourth-order valence-corrected chi connectivity index (χ4v) is 1.53. The Balaban J connectivity index is 2.17. The summed E-state index contributed by atoms with van der Waals surface area (Å²) < 4.78 is 35.9. The summed E-state index contributed by atoms with van der Waals surface area (Å²) >= 11 is 0. The van der Waals surface area contributed by atoms with Crippen LogP contribution in [0.3, 0.4) is 0 Å². The van der Waals surface area contributed by atoms with E-state index in [1.165, 1.54) is 0 Å². The van der Waals surface area contributed by atoms with Crippen LogP contribution < -0.4 is 5.32 Å². The lowest BCUT2D eigenvalue weighted by Gasteiger charge is -2.24. The first kappa shape index (κ1) is 13.7. The predicted molar refractivity (Wildman–Crippen MR) is 55.2 cm³/mol. The summed E-state index contributed by atoms with van der Waals surface area (Å²) in [7, 11) is 1.64. The van der Waals surface area contributed by atoms with Crippen LogP contribution in [0.1, 0.15) is 19.3 Å². The molecule has 0 heterocycles. The van der Waals surface area contributed by atoms with Crippen molar-refractivity contribution < 1.29 is 18.3 Å². The van der Waals surface area contributed by atoms with E-state index in [9.17, 15) is 13.2 Å². The minimum Gasteiger partial charge on any atom is -0.395 e. The minimum absolute atomic E-state index is 0.0215. The lowest BCUT2D eigenvalue weighted by atomic mass is 10.2. The van der Waals surface area contributed by atoms with Crippen LogP contribution in [0.25, 0.3) is 0 Å². The molecule has 0 bridgehead atoms. The number of halogens is 3. The molecule has 0 spiro atoms. The van der Waals surface area contributed by atoms with Gasteiger partial charge in [-0.25, -0.2) is 0 Å². The second-order valence-electron chi connectivity index (χ2n) is 4.45. The molecule has 0 aromatic rings. The van der Waals surface area contributed by atoms with E-state index < -0.39 is 12.6 Å². The van der Waals surface area contributed by atoms with Crippen molar-refractivity contribution in [1.29, 1.82) is 0 Å². The maximum Gasteiger partial charge on any atom is 0.390 e. The Morgan fingerprint density at radius 2 is 2.06 bits per heavy atom. The zero-order chi connectivity index (χ0) is 12.2. The van der Waals surface area contributed by atoms with E-state index in [-0.39, 0.29) is 19.2 Å². The molecule has 0 amide bonds. The van der Waals surface area contributed by atoms with Crippen molar-refractivity contribution in [3.05, 3.63) is 0 Å². The number of rotatable bonds is 7. The SMILES string of the molecule is CN(CCC(F)(F)F)CC(CO)NC1CC1.